The second-order valence-electron chi connectivity index (χ2n) is 39.1. The molecule has 12 aliphatic rings. The zero-order valence-electron chi connectivity index (χ0n) is 81.6. The molecule has 0 unspecified atom stereocenters. The van der Waals surface area contributed by atoms with Gasteiger partial charge in [-0.15, -0.1) is 0 Å². The highest BCUT2D eigenvalue weighted by Gasteiger charge is 2.55. The van der Waals surface area contributed by atoms with E-state index in [9.17, 15) is 95.9 Å². The highest BCUT2D eigenvalue weighted by molar-refractivity contribution is 6.03. The van der Waals surface area contributed by atoms with E-state index < -0.39 is 308 Å². The molecule has 1 aromatic carbocycles. The predicted molar refractivity (Wildman–Crippen MR) is 517 cm³/mol. The number of primary amides is 1. The maximum Gasteiger partial charge on any atom is 0.246 e. The third kappa shape index (κ3) is 26.1. The molecule has 1 aromatic rings. The second-order valence-corrected chi connectivity index (χ2v) is 39.1. The molecule has 800 valence electrons. The average molecular weight is 2060 g/mol. The Morgan fingerprint density at radius 2 is 0.476 bits per heavy atom. The lowest BCUT2D eigenvalue weighted by atomic mass is 10.0. The van der Waals surface area contributed by atoms with Crippen molar-refractivity contribution in [2.75, 3.05) is 118 Å². The Morgan fingerprint density at radius 3 is 0.673 bits per heavy atom. The van der Waals surface area contributed by atoms with Crippen molar-refractivity contribution in [1.29, 1.82) is 32.5 Å². The standard InChI is InChI=1S/C89H134N38O20/c1-44(128)109-52(25-45-11-3-2-4-12-45)77(141)121-24-10-18-58(121)83(147)127-43-51(115-89(101)102)31-64(127)76(140)108-37-70(134)120-23-9-17-57(120)82(146)126-42-50(114-88(99)100)30-63(126)75(139)107-36-69(133)119-22-8-16-56(119)81(145)125-41-49(113-87(97)98)29-62(125)74(138)106-35-68(132)118-21-7-15-55(118)80(144)124-40-48(112-86(95)96)28-61(124)73(137)105-34-67(131)117-20-6-14-54(117)79(143)123-39-47(111-85(93)94)27-60(123)72(136)104-33-66(130)116-19-5-13-53(116)78(142)122-38-46(110-84(91)92)26-59(122)71(135)103-32-65(90)129/h2-4,11-12,46-64H,5-10,13-43H2,1H3,(H2,90,129)(H,103,135)(H,104,136)(H,105,137)(H,106,138)(H,107,139)(H,108,140)(H,109,128)(H4,91,92,110)(H4,93,94,111)(H4,95,96,112)(H4,97,98,113)(H4,99,100,114)(H4,101,102,115)/t46-,47-,48-,49-,50-,51-,52+,53+,54+,55+,56+,57+,58+,59+,60+,61+,62+,63+,64+/m1/s1. The van der Waals surface area contributed by atoms with Crippen molar-refractivity contribution in [3.05, 3.63) is 35.9 Å². The Bertz CT molecular complexity index is 5270. The van der Waals surface area contributed by atoms with Crippen LogP contribution in [0.5, 0.6) is 0 Å². The quantitative estimate of drug-likeness (QED) is 0.0225. The summed E-state index contributed by atoms with van der Waals surface area (Å²) in [5.74, 6) is -16.9. The molecule has 0 aliphatic carbocycles. The van der Waals surface area contributed by atoms with Gasteiger partial charge in [0.2, 0.25) is 118 Å². The van der Waals surface area contributed by atoms with Crippen molar-refractivity contribution >= 4 is 154 Å². The summed E-state index contributed by atoms with van der Waals surface area (Å²) in [6.07, 6.45) is 2.39. The van der Waals surface area contributed by atoms with E-state index in [0.29, 0.717) is 25.7 Å². The van der Waals surface area contributed by atoms with Crippen LogP contribution in [0.3, 0.4) is 0 Å². The van der Waals surface area contributed by atoms with Crippen LogP contribution in [0.1, 0.15) is 128 Å². The lowest BCUT2D eigenvalue weighted by molar-refractivity contribution is -0.148. The maximum absolute atomic E-state index is 15.0. The van der Waals surface area contributed by atoms with Gasteiger partial charge in [-0.3, -0.25) is 128 Å². The first-order valence-corrected chi connectivity index (χ1v) is 49.4. The highest BCUT2D eigenvalue weighted by atomic mass is 16.2. The zero-order chi connectivity index (χ0) is 106. The summed E-state index contributed by atoms with van der Waals surface area (Å²) in [6.45, 7) is -3.31. The number of nitrogens with one attached hydrogen (secondary N) is 19. The fourth-order valence-corrected chi connectivity index (χ4v) is 22.7. The van der Waals surface area contributed by atoms with Crippen LogP contribution in [-0.2, 0) is 102 Å². The van der Waals surface area contributed by atoms with E-state index in [2.05, 4.69) is 69.1 Å². The van der Waals surface area contributed by atoms with Gasteiger partial charge in [-0.2, -0.15) is 0 Å². The van der Waals surface area contributed by atoms with Crippen LogP contribution in [0.2, 0.25) is 0 Å². The van der Waals surface area contributed by atoms with Crippen LogP contribution in [-0.4, -0.2) is 445 Å². The lowest BCUT2D eigenvalue weighted by Crippen LogP contribution is -2.57. The summed E-state index contributed by atoms with van der Waals surface area (Å²) < 4.78 is 0. The number of amides is 20. The van der Waals surface area contributed by atoms with Gasteiger partial charge >= 0.3 is 0 Å². The van der Waals surface area contributed by atoms with Crippen LogP contribution in [0.4, 0.5) is 0 Å². The first-order chi connectivity index (χ1) is 69.9. The molecule has 33 N–H and O–H groups in total. The van der Waals surface area contributed by atoms with Crippen LogP contribution in [0.15, 0.2) is 30.3 Å². The van der Waals surface area contributed by atoms with Crippen LogP contribution >= 0.6 is 0 Å². The Labute approximate surface area is 844 Å². The molecule has 0 saturated carbocycles. The van der Waals surface area contributed by atoms with Gasteiger partial charge in [0.1, 0.15) is 78.5 Å². The summed E-state index contributed by atoms with van der Waals surface area (Å²) in [7, 11) is 0. The largest absolute Gasteiger partial charge is 0.370 e. The molecule has 13 rings (SSSR count). The van der Waals surface area contributed by atoms with Crippen molar-refractivity contribution in [3.63, 3.8) is 0 Å². The smallest absolute Gasteiger partial charge is 0.246 e. The summed E-state index contributed by atoms with van der Waals surface area (Å²) in [4.78, 5) is 299. The topological polar surface area (TPSA) is 862 Å². The van der Waals surface area contributed by atoms with Crippen LogP contribution in [0.25, 0.3) is 0 Å². The van der Waals surface area contributed by atoms with Gasteiger partial charge in [0.05, 0.1) is 39.3 Å². The van der Waals surface area contributed by atoms with Gasteiger partial charge in [-0.25, -0.2) is 0 Å². The van der Waals surface area contributed by atoms with Gasteiger partial charge in [-0.1, -0.05) is 30.3 Å². The minimum Gasteiger partial charge on any atom is -0.370 e. The summed E-state index contributed by atoms with van der Waals surface area (Å²) in [6, 6.07) is -11.1. The van der Waals surface area contributed by atoms with E-state index in [1.807, 2.05) is 0 Å². The minimum atomic E-state index is -1.35. The molecule has 12 heterocycles. The fourth-order valence-electron chi connectivity index (χ4n) is 22.7. The van der Waals surface area contributed by atoms with E-state index in [-0.39, 0.29) is 175 Å². The van der Waals surface area contributed by atoms with Crippen molar-refractivity contribution in [3.8, 4) is 0 Å². The third-order valence-corrected chi connectivity index (χ3v) is 29.1. The van der Waals surface area contributed by atoms with Crippen molar-refractivity contribution in [2.24, 2.45) is 40.1 Å². The molecule has 58 heteroatoms. The first kappa shape index (κ1) is 108. The lowest BCUT2D eigenvalue weighted by Gasteiger charge is -2.33. The van der Waals surface area contributed by atoms with Gasteiger partial charge in [-0.05, 0) is 121 Å². The average Bonchev–Trinajstić information content (AvgIpc) is 1.65. The van der Waals surface area contributed by atoms with E-state index in [4.69, 9.17) is 72.6 Å². The van der Waals surface area contributed by atoms with Gasteiger partial charge in [0.25, 0.3) is 0 Å². The number of likely N-dealkylation sites (tertiary alicyclic amines) is 12. The maximum atomic E-state index is 15.0. The number of carbonyl (C=O) groups is 20. The van der Waals surface area contributed by atoms with Gasteiger partial charge < -0.3 is 168 Å². The minimum absolute atomic E-state index is 0.00385. The number of benzene rings is 1. The molecule has 0 spiro atoms. The molecule has 147 heavy (non-hydrogen) atoms. The molecule has 0 aromatic heterocycles. The summed E-state index contributed by atoms with van der Waals surface area (Å²) in [5.41, 5.74) is 40.3. The van der Waals surface area contributed by atoms with E-state index in [1.54, 1.807) is 30.3 Å². The molecular formula is C89H134N38O20. The number of nitrogens with zero attached hydrogens (tertiary/aromatic N) is 12. The predicted octanol–water partition coefficient (Wildman–Crippen LogP) is -14.4. The number of hydrogen-bond donors (Lipinski definition) is 26. The molecule has 0 radical (unpaired) electrons. The molecule has 12 aliphatic heterocycles. The number of rotatable bonds is 34. The SMILES string of the molecule is CC(=O)N[C@@H](Cc1ccccc1)C(=O)N1CCC[C@H]1C(=O)N1C[C@H](NC(=N)N)C[C@H]1C(=O)NCC(=O)N1CCC[C@H]1C(=O)N1C[C@H](NC(=N)N)C[C@H]1C(=O)NCC(=O)N1CCC[C@H]1C(=O)N1C[C@H](NC(=N)N)C[C@H]1C(=O)NCC(=O)N1CCC[C@H]1C(=O)N1C[C@H](NC(=N)N)C[C@H]1C(=O)NCC(=O)N1CCC[C@H]1C(=O)N1C[C@H](NC(=N)N)C[C@H]1C(=O)NCC(=O)N1CCC[C@H]1C(=O)N1C[C@H](NC(=N)N)C[C@H]1C(=O)NCC(N)=O. The molecule has 12 fully saturated rings. The fraction of sp³-hybridized carbons (Fsp3) is 0.640. The van der Waals surface area contributed by atoms with Crippen LogP contribution < -0.4 is 109 Å². The molecule has 19 atom stereocenters. The summed E-state index contributed by atoms with van der Waals surface area (Å²) >= 11 is 0. The summed E-state index contributed by atoms with van der Waals surface area (Å²) in [5, 5.41) is 82.2. The number of carbonyl (C=O) groups excluding carboxylic acids is 20. The molecule has 20 amide bonds. The van der Waals surface area contributed by atoms with Crippen molar-refractivity contribution in [1.82, 2.24) is 128 Å². The molecular weight excluding hydrogens is 1920 g/mol. The number of hydrogen-bond acceptors (Lipinski definition) is 26. The Balaban J connectivity index is 0.592. The van der Waals surface area contributed by atoms with Crippen molar-refractivity contribution in [2.45, 2.75) is 244 Å². The molecule has 12 saturated heterocycles. The first-order valence-electron chi connectivity index (χ1n) is 49.4. The normalized spacial score (nSPS) is 26.8. The third-order valence-electron chi connectivity index (χ3n) is 29.1. The Hall–Kier alpha value is -15.8. The van der Waals surface area contributed by atoms with E-state index >= 15 is 0 Å². The van der Waals surface area contributed by atoms with E-state index in [1.165, 1.54) is 65.7 Å². The van der Waals surface area contributed by atoms with Crippen molar-refractivity contribution < 1.29 is 95.9 Å². The molecule has 0 bridgehead atoms. The zero-order valence-corrected chi connectivity index (χ0v) is 81.6. The van der Waals surface area contributed by atoms with Gasteiger partial charge in [0, 0.05) is 128 Å². The van der Waals surface area contributed by atoms with Crippen LogP contribution in [0, 0.1) is 32.5 Å². The highest BCUT2D eigenvalue weighted by Crippen LogP contribution is 2.35. The van der Waals surface area contributed by atoms with Gasteiger partial charge in [0.15, 0.2) is 35.8 Å². The number of nitrogens with two attached hydrogens (primary N) is 7. The second kappa shape index (κ2) is 47.8. The number of guanidine groups is 6. The Kier molecular flexibility index (Phi) is 35.3. The Morgan fingerprint density at radius 1 is 0.279 bits per heavy atom. The molecule has 58 nitrogen and oxygen atoms in total. The monoisotopic (exact) mass is 2060 g/mol. The van der Waals surface area contributed by atoms with E-state index in [0.717, 1.165) is 5.56 Å².